The van der Waals surface area contributed by atoms with Crippen molar-refractivity contribution in [3.05, 3.63) is 12.2 Å². The SMILES string of the molecule is C=C(C)C(=O)OCCCOC(C)CCl. The Hall–Kier alpha value is -0.540. The molecular weight excluding hydrogens is 204 g/mol. The van der Waals surface area contributed by atoms with Gasteiger partial charge in [0.2, 0.25) is 0 Å². The highest BCUT2D eigenvalue weighted by Gasteiger charge is 2.03. The summed E-state index contributed by atoms with van der Waals surface area (Å²) >= 11 is 5.53. The van der Waals surface area contributed by atoms with Crippen LogP contribution in [0.5, 0.6) is 0 Å². The molecular formula is C10H17ClO3. The second-order valence-electron chi connectivity index (χ2n) is 3.11. The molecule has 0 amide bonds. The number of ether oxygens (including phenoxy) is 2. The molecule has 0 aliphatic carbocycles. The molecule has 3 nitrogen and oxygen atoms in total. The van der Waals surface area contributed by atoms with Gasteiger partial charge in [-0.2, -0.15) is 0 Å². The van der Waals surface area contributed by atoms with Crippen LogP contribution in [-0.4, -0.2) is 31.2 Å². The van der Waals surface area contributed by atoms with Gasteiger partial charge in [0.25, 0.3) is 0 Å². The number of hydrogen-bond acceptors (Lipinski definition) is 3. The molecule has 14 heavy (non-hydrogen) atoms. The molecule has 0 radical (unpaired) electrons. The van der Waals surface area contributed by atoms with Crippen LogP contribution >= 0.6 is 11.6 Å². The largest absolute Gasteiger partial charge is 0.462 e. The van der Waals surface area contributed by atoms with E-state index in [0.29, 0.717) is 31.1 Å². The second kappa shape index (κ2) is 7.83. The smallest absolute Gasteiger partial charge is 0.333 e. The Morgan fingerprint density at radius 2 is 2.14 bits per heavy atom. The van der Waals surface area contributed by atoms with Crippen LogP contribution in [0.3, 0.4) is 0 Å². The first-order chi connectivity index (χ1) is 6.57. The summed E-state index contributed by atoms with van der Waals surface area (Å²) in [5.41, 5.74) is 0.417. The predicted molar refractivity (Wildman–Crippen MR) is 56.5 cm³/mol. The van der Waals surface area contributed by atoms with Gasteiger partial charge in [0.15, 0.2) is 0 Å². The van der Waals surface area contributed by atoms with Crippen molar-refractivity contribution in [3.63, 3.8) is 0 Å². The average molecular weight is 221 g/mol. The number of esters is 1. The molecule has 4 heteroatoms. The van der Waals surface area contributed by atoms with Crippen LogP contribution in [-0.2, 0) is 14.3 Å². The molecule has 0 saturated carbocycles. The van der Waals surface area contributed by atoms with E-state index in [1.54, 1.807) is 6.92 Å². The van der Waals surface area contributed by atoms with Crippen molar-refractivity contribution in [1.29, 1.82) is 0 Å². The molecule has 0 N–H and O–H groups in total. The molecule has 0 aliphatic rings. The number of carbonyl (C=O) groups is 1. The molecule has 0 heterocycles. The third-order valence-corrected chi connectivity index (χ3v) is 1.92. The molecule has 0 aromatic heterocycles. The van der Waals surface area contributed by atoms with Gasteiger partial charge in [-0.15, -0.1) is 11.6 Å². The van der Waals surface area contributed by atoms with E-state index >= 15 is 0 Å². The van der Waals surface area contributed by atoms with E-state index in [0.717, 1.165) is 0 Å². The summed E-state index contributed by atoms with van der Waals surface area (Å²) in [4.78, 5) is 10.9. The van der Waals surface area contributed by atoms with E-state index in [4.69, 9.17) is 21.1 Å². The lowest BCUT2D eigenvalue weighted by molar-refractivity contribution is -0.139. The number of rotatable bonds is 7. The highest BCUT2D eigenvalue weighted by atomic mass is 35.5. The summed E-state index contributed by atoms with van der Waals surface area (Å²) in [6, 6.07) is 0. The highest BCUT2D eigenvalue weighted by molar-refractivity contribution is 6.18. The van der Waals surface area contributed by atoms with Gasteiger partial charge < -0.3 is 9.47 Å². The van der Waals surface area contributed by atoms with E-state index < -0.39 is 0 Å². The Morgan fingerprint density at radius 3 is 2.64 bits per heavy atom. The molecule has 0 aliphatic heterocycles. The van der Waals surface area contributed by atoms with Crippen molar-refractivity contribution in [2.24, 2.45) is 0 Å². The number of hydrogen-bond donors (Lipinski definition) is 0. The Kier molecular flexibility index (Phi) is 7.52. The van der Waals surface area contributed by atoms with E-state index in [-0.39, 0.29) is 12.1 Å². The zero-order valence-electron chi connectivity index (χ0n) is 8.72. The van der Waals surface area contributed by atoms with Gasteiger partial charge in [-0.25, -0.2) is 4.79 Å². The normalized spacial score (nSPS) is 12.2. The van der Waals surface area contributed by atoms with Crippen molar-refractivity contribution >= 4 is 17.6 Å². The summed E-state index contributed by atoms with van der Waals surface area (Å²) in [5, 5.41) is 0. The van der Waals surface area contributed by atoms with E-state index in [9.17, 15) is 4.79 Å². The molecule has 0 aromatic carbocycles. The van der Waals surface area contributed by atoms with Crippen molar-refractivity contribution in [2.75, 3.05) is 19.1 Å². The molecule has 1 unspecified atom stereocenters. The van der Waals surface area contributed by atoms with Crippen LogP contribution in [0.25, 0.3) is 0 Å². The molecule has 0 aromatic rings. The van der Waals surface area contributed by atoms with E-state index in [1.165, 1.54) is 0 Å². The zero-order chi connectivity index (χ0) is 11.0. The third-order valence-electron chi connectivity index (χ3n) is 1.49. The van der Waals surface area contributed by atoms with Gasteiger partial charge in [0.05, 0.1) is 19.3 Å². The standard InChI is InChI=1S/C10H17ClO3/c1-8(2)10(12)14-6-4-5-13-9(3)7-11/h9H,1,4-7H2,2-3H3. The lowest BCUT2D eigenvalue weighted by Gasteiger charge is -2.09. The maximum Gasteiger partial charge on any atom is 0.333 e. The monoisotopic (exact) mass is 220 g/mol. The average Bonchev–Trinajstić information content (AvgIpc) is 2.16. The minimum Gasteiger partial charge on any atom is -0.462 e. The van der Waals surface area contributed by atoms with Crippen molar-refractivity contribution in [1.82, 2.24) is 0 Å². The van der Waals surface area contributed by atoms with Gasteiger partial charge in [0.1, 0.15) is 0 Å². The first-order valence-electron chi connectivity index (χ1n) is 4.58. The minimum absolute atomic E-state index is 0.0495. The van der Waals surface area contributed by atoms with Crippen LogP contribution in [0.4, 0.5) is 0 Å². The van der Waals surface area contributed by atoms with E-state index in [2.05, 4.69) is 6.58 Å². The summed E-state index contributed by atoms with van der Waals surface area (Å²) in [6.07, 6.45) is 0.730. The Labute approximate surface area is 90.0 Å². The summed E-state index contributed by atoms with van der Waals surface area (Å²) in [5.74, 6) is 0.126. The first kappa shape index (κ1) is 13.5. The Morgan fingerprint density at radius 1 is 1.50 bits per heavy atom. The van der Waals surface area contributed by atoms with Gasteiger partial charge >= 0.3 is 5.97 Å². The fourth-order valence-electron chi connectivity index (χ4n) is 0.676. The second-order valence-corrected chi connectivity index (χ2v) is 3.41. The Balaban J connectivity index is 3.30. The maximum absolute atomic E-state index is 10.9. The fraction of sp³-hybridized carbons (Fsp3) is 0.700. The highest BCUT2D eigenvalue weighted by Crippen LogP contribution is 1.97. The number of alkyl halides is 1. The van der Waals surface area contributed by atoms with Crippen LogP contribution in [0, 0.1) is 0 Å². The topological polar surface area (TPSA) is 35.5 Å². The van der Waals surface area contributed by atoms with Crippen molar-refractivity contribution in [3.8, 4) is 0 Å². The Bertz CT molecular complexity index is 192. The van der Waals surface area contributed by atoms with Crippen molar-refractivity contribution < 1.29 is 14.3 Å². The quantitative estimate of drug-likeness (QED) is 0.285. The summed E-state index contributed by atoms with van der Waals surface area (Å²) < 4.78 is 10.2. The molecule has 0 rings (SSSR count). The summed E-state index contributed by atoms with van der Waals surface area (Å²) in [7, 11) is 0. The zero-order valence-corrected chi connectivity index (χ0v) is 9.47. The molecule has 0 fully saturated rings. The molecule has 0 spiro atoms. The lowest BCUT2D eigenvalue weighted by atomic mass is 10.4. The maximum atomic E-state index is 10.9. The van der Waals surface area contributed by atoms with E-state index in [1.807, 2.05) is 6.92 Å². The minimum atomic E-state index is -0.351. The van der Waals surface area contributed by atoms with Gasteiger partial charge in [-0.1, -0.05) is 6.58 Å². The molecule has 1 atom stereocenters. The third kappa shape index (κ3) is 6.92. The number of halogens is 1. The van der Waals surface area contributed by atoms with Gasteiger partial charge in [-0.3, -0.25) is 0 Å². The van der Waals surface area contributed by atoms with Crippen molar-refractivity contribution in [2.45, 2.75) is 26.4 Å². The molecule has 0 saturated heterocycles. The predicted octanol–water partition coefficient (Wildman–Crippen LogP) is 2.14. The molecule has 82 valence electrons. The first-order valence-corrected chi connectivity index (χ1v) is 5.11. The van der Waals surface area contributed by atoms with Crippen LogP contribution < -0.4 is 0 Å². The fourth-order valence-corrected chi connectivity index (χ4v) is 0.765. The van der Waals surface area contributed by atoms with Gasteiger partial charge in [0, 0.05) is 17.9 Å². The van der Waals surface area contributed by atoms with Crippen LogP contribution in [0.1, 0.15) is 20.3 Å². The van der Waals surface area contributed by atoms with Crippen LogP contribution in [0.2, 0.25) is 0 Å². The summed E-state index contributed by atoms with van der Waals surface area (Å²) in [6.45, 7) is 7.90. The lowest BCUT2D eigenvalue weighted by Crippen LogP contribution is -2.13. The molecule has 0 bridgehead atoms. The van der Waals surface area contributed by atoms with Crippen LogP contribution in [0.15, 0.2) is 12.2 Å². The number of carbonyl (C=O) groups excluding carboxylic acids is 1. The van der Waals surface area contributed by atoms with Gasteiger partial charge in [-0.05, 0) is 13.8 Å².